The van der Waals surface area contributed by atoms with Crippen molar-refractivity contribution in [2.45, 2.75) is 45.3 Å². The molecule has 0 amide bonds. The summed E-state index contributed by atoms with van der Waals surface area (Å²) in [6.07, 6.45) is 2.06. The van der Waals surface area contributed by atoms with Crippen molar-refractivity contribution in [2.24, 2.45) is 7.05 Å². The fraction of sp³-hybridized carbons (Fsp3) is 0.733. The molecule has 0 aromatic carbocycles. The number of hydrogen-bond donors (Lipinski definition) is 1. The maximum absolute atomic E-state index is 10.6. The average molecular weight is 295 g/mol. The summed E-state index contributed by atoms with van der Waals surface area (Å²) in [5, 5.41) is 13.2. The summed E-state index contributed by atoms with van der Waals surface area (Å²) in [6.45, 7) is 10.5. The van der Waals surface area contributed by atoms with Gasteiger partial charge < -0.3 is 9.84 Å². The normalized spacial score (nSPS) is 18.5. The lowest BCUT2D eigenvalue weighted by molar-refractivity contribution is -0.165. The third-order valence-corrected chi connectivity index (χ3v) is 3.67. The molecule has 0 atom stereocenters. The smallest absolute Gasteiger partial charge is 0.329 e. The highest BCUT2D eigenvalue weighted by atomic mass is 16.5. The number of hydrogen-bond acceptors (Lipinski definition) is 4. The Labute approximate surface area is 125 Å². The highest BCUT2D eigenvalue weighted by Crippen LogP contribution is 2.30. The molecule has 6 heteroatoms. The Morgan fingerprint density at radius 2 is 2.10 bits per heavy atom. The number of carbonyl (C=O) groups is 1. The highest BCUT2D eigenvalue weighted by Gasteiger charge is 2.40. The first-order valence-corrected chi connectivity index (χ1v) is 7.20. The molecule has 0 bridgehead atoms. The van der Waals surface area contributed by atoms with E-state index in [0.717, 1.165) is 25.3 Å². The minimum absolute atomic E-state index is 0.0184. The zero-order chi connectivity index (χ0) is 15.8. The van der Waals surface area contributed by atoms with Crippen molar-refractivity contribution >= 4 is 5.97 Å². The van der Waals surface area contributed by atoms with Crippen LogP contribution < -0.4 is 0 Å². The zero-order valence-corrected chi connectivity index (χ0v) is 13.5. The summed E-state index contributed by atoms with van der Waals surface area (Å²) in [7, 11) is 1.94. The molecule has 1 fully saturated rings. The van der Waals surface area contributed by atoms with E-state index in [4.69, 9.17) is 9.84 Å². The van der Waals surface area contributed by atoms with Crippen LogP contribution in [-0.2, 0) is 28.5 Å². The van der Waals surface area contributed by atoms with Crippen molar-refractivity contribution in [3.8, 4) is 0 Å². The average Bonchev–Trinajstić information content (AvgIpc) is 2.65. The Morgan fingerprint density at radius 3 is 2.62 bits per heavy atom. The van der Waals surface area contributed by atoms with Crippen LogP contribution in [0.25, 0.3) is 0 Å². The number of rotatable bonds is 5. The van der Waals surface area contributed by atoms with Gasteiger partial charge in [-0.05, 0) is 6.92 Å². The lowest BCUT2D eigenvalue weighted by atomic mass is 9.88. The maximum Gasteiger partial charge on any atom is 0.329 e. The SMILES string of the molecule is Cn1cc(CN2CC(C)(OCC(=O)O)C2)c(C(C)(C)C)n1. The molecule has 1 N–H and O–H groups in total. The summed E-state index contributed by atoms with van der Waals surface area (Å²) < 4.78 is 7.29. The molecular weight excluding hydrogens is 270 g/mol. The number of carboxylic acids is 1. The van der Waals surface area contributed by atoms with Gasteiger partial charge >= 0.3 is 5.97 Å². The molecule has 0 aliphatic carbocycles. The van der Waals surface area contributed by atoms with Crippen LogP contribution in [0.1, 0.15) is 39.0 Å². The molecule has 118 valence electrons. The molecule has 0 saturated carbocycles. The van der Waals surface area contributed by atoms with Crippen LogP contribution in [0.3, 0.4) is 0 Å². The lowest BCUT2D eigenvalue weighted by Crippen LogP contribution is -2.61. The van der Waals surface area contributed by atoms with E-state index >= 15 is 0 Å². The van der Waals surface area contributed by atoms with Gasteiger partial charge in [-0.3, -0.25) is 9.58 Å². The van der Waals surface area contributed by atoms with E-state index in [-0.39, 0.29) is 17.6 Å². The van der Waals surface area contributed by atoms with Crippen molar-refractivity contribution < 1.29 is 14.6 Å². The first-order valence-electron chi connectivity index (χ1n) is 7.20. The number of likely N-dealkylation sites (tertiary alicyclic amines) is 1. The molecule has 1 aromatic heterocycles. The molecule has 1 aliphatic rings. The molecule has 0 unspecified atom stereocenters. The fourth-order valence-corrected chi connectivity index (χ4v) is 2.86. The summed E-state index contributed by atoms with van der Waals surface area (Å²) in [4.78, 5) is 12.8. The topological polar surface area (TPSA) is 67.6 Å². The molecule has 1 aromatic rings. The van der Waals surface area contributed by atoms with Gasteiger partial charge in [0.2, 0.25) is 0 Å². The van der Waals surface area contributed by atoms with E-state index in [0.29, 0.717) is 0 Å². The Kier molecular flexibility index (Phi) is 4.13. The van der Waals surface area contributed by atoms with E-state index in [1.165, 1.54) is 5.56 Å². The largest absolute Gasteiger partial charge is 0.480 e. The Balaban J connectivity index is 1.95. The summed E-state index contributed by atoms with van der Waals surface area (Å²) in [6, 6.07) is 0. The number of nitrogens with zero attached hydrogens (tertiary/aromatic N) is 3. The van der Waals surface area contributed by atoms with E-state index in [2.05, 4.69) is 37.0 Å². The number of carboxylic acid groups (broad SMARTS) is 1. The Hall–Kier alpha value is -1.40. The van der Waals surface area contributed by atoms with Crippen LogP contribution >= 0.6 is 0 Å². The van der Waals surface area contributed by atoms with Gasteiger partial charge in [-0.25, -0.2) is 4.79 Å². The first-order chi connectivity index (χ1) is 9.59. The van der Waals surface area contributed by atoms with Crippen LogP contribution in [0.5, 0.6) is 0 Å². The number of aromatic nitrogens is 2. The standard InChI is InChI=1S/C15H25N3O3/c1-14(2,3)13-11(6-17(5)16-13)7-18-9-15(4,10-18)21-8-12(19)20/h6H,7-10H2,1-5H3,(H,19,20). The number of aryl methyl sites for hydroxylation is 1. The van der Waals surface area contributed by atoms with Crippen molar-refractivity contribution in [1.82, 2.24) is 14.7 Å². The first kappa shape index (κ1) is 16.0. The minimum Gasteiger partial charge on any atom is -0.480 e. The second-order valence-electron chi connectivity index (χ2n) is 7.20. The molecule has 1 aliphatic heterocycles. The monoisotopic (exact) mass is 295 g/mol. The summed E-state index contributed by atoms with van der Waals surface area (Å²) in [5.74, 6) is -0.919. The van der Waals surface area contributed by atoms with Gasteiger partial charge in [-0.15, -0.1) is 0 Å². The van der Waals surface area contributed by atoms with Gasteiger partial charge in [0.05, 0.1) is 11.3 Å². The van der Waals surface area contributed by atoms with Crippen LogP contribution in [0.15, 0.2) is 6.20 Å². The molecular formula is C15H25N3O3. The Morgan fingerprint density at radius 1 is 1.48 bits per heavy atom. The van der Waals surface area contributed by atoms with Crippen LogP contribution in [0.4, 0.5) is 0 Å². The predicted molar refractivity (Wildman–Crippen MR) is 79.2 cm³/mol. The molecule has 0 spiro atoms. The van der Waals surface area contributed by atoms with Gasteiger partial charge in [0.1, 0.15) is 6.61 Å². The van der Waals surface area contributed by atoms with E-state index in [1.54, 1.807) is 0 Å². The van der Waals surface area contributed by atoms with Crippen LogP contribution in [-0.4, -0.2) is 51.1 Å². The second kappa shape index (κ2) is 5.42. The number of ether oxygens (including phenoxy) is 1. The quantitative estimate of drug-likeness (QED) is 0.889. The third kappa shape index (κ3) is 3.83. The van der Waals surface area contributed by atoms with Gasteiger partial charge in [-0.1, -0.05) is 20.8 Å². The van der Waals surface area contributed by atoms with E-state index in [1.807, 2.05) is 18.7 Å². The van der Waals surface area contributed by atoms with Crippen molar-refractivity contribution in [1.29, 1.82) is 0 Å². The third-order valence-electron chi connectivity index (χ3n) is 3.67. The molecule has 6 nitrogen and oxygen atoms in total. The van der Waals surface area contributed by atoms with Gasteiger partial charge in [0.15, 0.2) is 0 Å². The fourth-order valence-electron chi connectivity index (χ4n) is 2.86. The van der Waals surface area contributed by atoms with Crippen molar-refractivity contribution in [2.75, 3.05) is 19.7 Å². The summed E-state index contributed by atoms with van der Waals surface area (Å²) >= 11 is 0. The van der Waals surface area contributed by atoms with Gasteiger partial charge in [0, 0.05) is 43.9 Å². The zero-order valence-electron chi connectivity index (χ0n) is 13.5. The van der Waals surface area contributed by atoms with Gasteiger partial charge in [0.25, 0.3) is 0 Å². The molecule has 21 heavy (non-hydrogen) atoms. The molecule has 0 radical (unpaired) electrons. The van der Waals surface area contributed by atoms with E-state index in [9.17, 15) is 4.79 Å². The lowest BCUT2D eigenvalue weighted by Gasteiger charge is -2.47. The van der Waals surface area contributed by atoms with Crippen LogP contribution in [0, 0.1) is 0 Å². The molecule has 2 heterocycles. The maximum atomic E-state index is 10.6. The van der Waals surface area contributed by atoms with Crippen LogP contribution in [0.2, 0.25) is 0 Å². The van der Waals surface area contributed by atoms with E-state index < -0.39 is 5.97 Å². The highest BCUT2D eigenvalue weighted by molar-refractivity contribution is 5.68. The minimum atomic E-state index is -0.919. The number of aliphatic carboxylic acids is 1. The summed E-state index contributed by atoms with van der Waals surface area (Å²) in [5.41, 5.74) is 2.02. The molecule has 1 saturated heterocycles. The predicted octanol–water partition coefficient (Wildman–Crippen LogP) is 1.39. The molecule has 2 rings (SSSR count). The second-order valence-corrected chi connectivity index (χ2v) is 7.20. The van der Waals surface area contributed by atoms with Gasteiger partial charge in [-0.2, -0.15) is 5.10 Å². The van der Waals surface area contributed by atoms with Crippen molar-refractivity contribution in [3.05, 3.63) is 17.5 Å². The Bertz CT molecular complexity index is 525. The van der Waals surface area contributed by atoms with Crippen molar-refractivity contribution in [3.63, 3.8) is 0 Å².